The summed E-state index contributed by atoms with van der Waals surface area (Å²) in [6.45, 7) is 2.06. The molecule has 0 fully saturated rings. The zero-order chi connectivity index (χ0) is 8.69. The lowest BCUT2D eigenvalue weighted by Crippen LogP contribution is -2.13. The first-order valence-electron chi connectivity index (χ1n) is 3.41. The maximum atomic E-state index is 10.7. The van der Waals surface area contributed by atoms with Crippen molar-refractivity contribution in [2.75, 3.05) is 12.5 Å². The lowest BCUT2D eigenvalue weighted by molar-refractivity contribution is -0.144. The van der Waals surface area contributed by atoms with E-state index in [0.29, 0.717) is 12.9 Å². The van der Waals surface area contributed by atoms with E-state index >= 15 is 0 Å². The van der Waals surface area contributed by atoms with E-state index in [9.17, 15) is 9.59 Å². The molecule has 0 bridgehead atoms. The standard InChI is InChI=1S/C7H11ClO3/c1-2-11-7(10)3-6(4-8)5-9/h5-6H,2-4H2,1H3. The van der Waals surface area contributed by atoms with Gasteiger partial charge in [-0.25, -0.2) is 0 Å². The summed E-state index contributed by atoms with van der Waals surface area (Å²) in [6.07, 6.45) is 0.755. The van der Waals surface area contributed by atoms with Crippen molar-refractivity contribution in [1.29, 1.82) is 0 Å². The van der Waals surface area contributed by atoms with Crippen LogP contribution in [0.15, 0.2) is 0 Å². The van der Waals surface area contributed by atoms with Crippen molar-refractivity contribution in [3.63, 3.8) is 0 Å². The van der Waals surface area contributed by atoms with Crippen LogP contribution in [0.2, 0.25) is 0 Å². The van der Waals surface area contributed by atoms with Crippen LogP contribution in [-0.2, 0) is 14.3 Å². The van der Waals surface area contributed by atoms with E-state index < -0.39 is 5.92 Å². The molecule has 0 aliphatic heterocycles. The average Bonchev–Trinajstić information content (AvgIpc) is 2.01. The predicted octanol–water partition coefficient (Wildman–Crippen LogP) is 0.994. The molecule has 0 radical (unpaired) electrons. The van der Waals surface area contributed by atoms with Gasteiger partial charge in [-0.1, -0.05) is 0 Å². The highest BCUT2D eigenvalue weighted by Gasteiger charge is 2.11. The van der Waals surface area contributed by atoms with E-state index in [-0.39, 0.29) is 18.3 Å². The number of aldehydes is 1. The molecule has 0 saturated heterocycles. The number of rotatable bonds is 5. The molecule has 0 aromatic rings. The van der Waals surface area contributed by atoms with Gasteiger partial charge in [-0.15, -0.1) is 11.6 Å². The Labute approximate surface area is 70.7 Å². The Balaban J connectivity index is 3.62. The average molecular weight is 179 g/mol. The Kier molecular flexibility index (Phi) is 5.84. The molecule has 0 saturated carbocycles. The summed E-state index contributed by atoms with van der Waals surface area (Å²) >= 11 is 5.37. The summed E-state index contributed by atoms with van der Waals surface area (Å²) in [5.41, 5.74) is 0. The molecule has 0 aliphatic rings. The highest BCUT2D eigenvalue weighted by atomic mass is 35.5. The molecule has 3 nitrogen and oxygen atoms in total. The van der Waals surface area contributed by atoms with Crippen LogP contribution < -0.4 is 0 Å². The third kappa shape index (κ3) is 4.79. The molecule has 64 valence electrons. The number of hydrogen-bond donors (Lipinski definition) is 0. The van der Waals surface area contributed by atoms with Crippen LogP contribution in [0.5, 0.6) is 0 Å². The lowest BCUT2D eigenvalue weighted by Gasteiger charge is -2.04. The number of ether oxygens (including phenoxy) is 1. The number of carbonyl (C=O) groups is 2. The van der Waals surface area contributed by atoms with Crippen molar-refractivity contribution in [2.45, 2.75) is 13.3 Å². The molecule has 0 aliphatic carbocycles. The van der Waals surface area contributed by atoms with Crippen molar-refractivity contribution in [3.05, 3.63) is 0 Å². The Morgan fingerprint density at radius 2 is 2.36 bits per heavy atom. The zero-order valence-corrected chi connectivity index (χ0v) is 7.13. The first kappa shape index (κ1) is 10.4. The number of carbonyl (C=O) groups excluding carboxylic acids is 2. The van der Waals surface area contributed by atoms with Gasteiger partial charge in [0.2, 0.25) is 0 Å². The molecule has 0 spiro atoms. The van der Waals surface area contributed by atoms with Gasteiger partial charge in [0.25, 0.3) is 0 Å². The van der Waals surface area contributed by atoms with Crippen molar-refractivity contribution in [1.82, 2.24) is 0 Å². The van der Waals surface area contributed by atoms with Gasteiger partial charge in [0.05, 0.1) is 13.0 Å². The highest BCUT2D eigenvalue weighted by molar-refractivity contribution is 6.18. The van der Waals surface area contributed by atoms with Gasteiger partial charge >= 0.3 is 5.97 Å². The summed E-state index contributed by atoms with van der Waals surface area (Å²) < 4.78 is 4.62. The molecule has 11 heavy (non-hydrogen) atoms. The van der Waals surface area contributed by atoms with E-state index in [1.807, 2.05) is 0 Å². The van der Waals surface area contributed by atoms with Crippen LogP contribution in [-0.4, -0.2) is 24.7 Å². The Morgan fingerprint density at radius 3 is 2.73 bits per heavy atom. The fourth-order valence-electron chi connectivity index (χ4n) is 0.573. The summed E-state index contributed by atoms with van der Waals surface area (Å²) in [4.78, 5) is 20.9. The van der Waals surface area contributed by atoms with Crippen LogP contribution in [0.25, 0.3) is 0 Å². The zero-order valence-electron chi connectivity index (χ0n) is 6.38. The van der Waals surface area contributed by atoms with Gasteiger partial charge in [-0.2, -0.15) is 0 Å². The van der Waals surface area contributed by atoms with E-state index in [4.69, 9.17) is 11.6 Å². The van der Waals surface area contributed by atoms with Crippen LogP contribution in [0, 0.1) is 5.92 Å². The second kappa shape index (κ2) is 6.16. The van der Waals surface area contributed by atoms with E-state index in [2.05, 4.69) is 4.74 Å². The monoisotopic (exact) mass is 178 g/mol. The van der Waals surface area contributed by atoms with Crippen LogP contribution >= 0.6 is 11.6 Å². The minimum absolute atomic E-state index is 0.0842. The van der Waals surface area contributed by atoms with E-state index in [1.165, 1.54) is 0 Å². The van der Waals surface area contributed by atoms with Gasteiger partial charge in [-0.05, 0) is 6.92 Å². The second-order valence-electron chi connectivity index (χ2n) is 2.06. The topological polar surface area (TPSA) is 43.4 Å². The fourth-order valence-corrected chi connectivity index (χ4v) is 0.755. The molecule has 0 rings (SSSR count). The predicted molar refractivity (Wildman–Crippen MR) is 41.5 cm³/mol. The quantitative estimate of drug-likeness (QED) is 0.358. The smallest absolute Gasteiger partial charge is 0.306 e. The van der Waals surface area contributed by atoms with Crippen molar-refractivity contribution < 1.29 is 14.3 Å². The molecule has 4 heteroatoms. The summed E-state index contributed by atoms with van der Waals surface area (Å²) in [5.74, 6) is -0.608. The first-order valence-corrected chi connectivity index (χ1v) is 3.94. The third-order valence-corrected chi connectivity index (χ3v) is 1.52. The third-order valence-electron chi connectivity index (χ3n) is 1.12. The second-order valence-corrected chi connectivity index (χ2v) is 2.37. The van der Waals surface area contributed by atoms with Gasteiger partial charge in [-0.3, -0.25) is 4.79 Å². The van der Waals surface area contributed by atoms with Crippen molar-refractivity contribution in [2.24, 2.45) is 5.92 Å². The number of esters is 1. The van der Waals surface area contributed by atoms with Gasteiger partial charge in [0.15, 0.2) is 0 Å². The first-order chi connectivity index (χ1) is 5.24. The molecular weight excluding hydrogens is 168 g/mol. The number of hydrogen-bond acceptors (Lipinski definition) is 3. The molecular formula is C7H11ClO3. The van der Waals surface area contributed by atoms with Gasteiger partial charge < -0.3 is 9.53 Å². The highest BCUT2D eigenvalue weighted by Crippen LogP contribution is 2.03. The van der Waals surface area contributed by atoms with Crippen molar-refractivity contribution >= 4 is 23.9 Å². The largest absolute Gasteiger partial charge is 0.466 e. The van der Waals surface area contributed by atoms with E-state index in [1.54, 1.807) is 6.92 Å². The number of halogens is 1. The molecule has 0 heterocycles. The maximum absolute atomic E-state index is 10.7. The van der Waals surface area contributed by atoms with Gasteiger partial charge in [0.1, 0.15) is 6.29 Å². The van der Waals surface area contributed by atoms with Crippen molar-refractivity contribution in [3.8, 4) is 0 Å². The van der Waals surface area contributed by atoms with Crippen LogP contribution in [0.1, 0.15) is 13.3 Å². The fraction of sp³-hybridized carbons (Fsp3) is 0.714. The van der Waals surface area contributed by atoms with Crippen LogP contribution in [0.3, 0.4) is 0 Å². The minimum atomic E-state index is -0.407. The Morgan fingerprint density at radius 1 is 1.73 bits per heavy atom. The Hall–Kier alpha value is -0.570. The SMILES string of the molecule is CCOC(=O)CC(C=O)CCl. The minimum Gasteiger partial charge on any atom is -0.466 e. The molecule has 0 N–H and O–H groups in total. The molecule has 1 atom stereocenters. The summed E-state index contributed by atoms with van der Waals surface area (Å²) in [7, 11) is 0. The summed E-state index contributed by atoms with van der Waals surface area (Å²) in [6, 6.07) is 0. The van der Waals surface area contributed by atoms with Gasteiger partial charge in [0, 0.05) is 11.8 Å². The molecule has 0 aromatic heterocycles. The van der Waals surface area contributed by atoms with E-state index in [0.717, 1.165) is 0 Å². The molecule has 1 unspecified atom stereocenters. The van der Waals surface area contributed by atoms with Crippen LogP contribution in [0.4, 0.5) is 0 Å². The normalized spacial score (nSPS) is 12.2. The molecule has 0 aromatic carbocycles. The molecule has 0 amide bonds. The summed E-state index contributed by atoms with van der Waals surface area (Å²) in [5, 5.41) is 0. The lowest BCUT2D eigenvalue weighted by atomic mass is 10.1. The Bertz CT molecular complexity index is 136. The number of alkyl halides is 1. The maximum Gasteiger partial charge on any atom is 0.306 e.